The van der Waals surface area contributed by atoms with E-state index in [1.165, 1.54) is 22.7 Å². The number of carbonyl (C=O) groups is 2. The van der Waals surface area contributed by atoms with E-state index in [1.54, 1.807) is 6.08 Å². The predicted molar refractivity (Wildman–Crippen MR) is 129 cm³/mol. The van der Waals surface area contributed by atoms with Crippen LogP contribution in [-0.2, 0) is 16.2 Å². The zero-order valence-electron chi connectivity index (χ0n) is 16.0. The second-order valence-electron chi connectivity index (χ2n) is 6.80. The zero-order chi connectivity index (χ0) is 21.3. The summed E-state index contributed by atoms with van der Waals surface area (Å²) < 4.78 is 6.93. The fourth-order valence-corrected chi connectivity index (χ4v) is 4.08. The van der Waals surface area contributed by atoms with E-state index in [0.717, 1.165) is 20.4 Å². The first-order chi connectivity index (χ1) is 14.4. The van der Waals surface area contributed by atoms with Gasteiger partial charge in [0.05, 0.1) is 3.57 Å². The van der Waals surface area contributed by atoms with Crippen LogP contribution in [0.3, 0.4) is 0 Å². The fourth-order valence-electron chi connectivity index (χ4n) is 3.21. The number of hydrogen-bond acceptors (Lipinski definition) is 4. The molecule has 0 unspecified atom stereocenters. The Labute approximate surface area is 192 Å². The summed E-state index contributed by atoms with van der Waals surface area (Å²) in [6.45, 7) is 0.445. The molecule has 7 heteroatoms. The van der Waals surface area contributed by atoms with Crippen LogP contribution in [0, 0.1) is 3.57 Å². The van der Waals surface area contributed by atoms with Crippen LogP contribution in [0.4, 0.5) is 0 Å². The molecule has 4 rings (SSSR count). The molecule has 150 valence electrons. The van der Waals surface area contributed by atoms with Gasteiger partial charge < -0.3 is 4.74 Å². The van der Waals surface area contributed by atoms with Crippen LogP contribution in [0.15, 0.2) is 66.2 Å². The third-order valence-corrected chi connectivity index (χ3v) is 6.05. The second-order valence-corrected chi connectivity index (χ2v) is 8.35. The minimum absolute atomic E-state index is 0.0475. The Kier molecular flexibility index (Phi) is 5.83. The van der Waals surface area contributed by atoms with E-state index in [1.807, 2.05) is 36.4 Å². The van der Waals surface area contributed by atoms with Crippen molar-refractivity contribution in [3.63, 3.8) is 0 Å². The number of thiocarbonyl (C=S) groups is 1. The highest BCUT2D eigenvalue weighted by molar-refractivity contribution is 14.1. The molecular weight excluding hydrogens is 511 g/mol. The van der Waals surface area contributed by atoms with Gasteiger partial charge in [-0.2, -0.15) is 0 Å². The minimum Gasteiger partial charge on any atom is -0.488 e. The third-order valence-electron chi connectivity index (χ3n) is 4.83. The van der Waals surface area contributed by atoms with Crippen molar-refractivity contribution in [3.8, 4) is 5.75 Å². The number of likely N-dealkylation sites (N-methyl/N-ethyl adjacent to an activating group) is 1. The molecule has 0 aliphatic carbocycles. The van der Waals surface area contributed by atoms with E-state index in [9.17, 15) is 9.59 Å². The molecule has 0 spiro atoms. The molecule has 1 fully saturated rings. The van der Waals surface area contributed by atoms with Crippen molar-refractivity contribution < 1.29 is 14.3 Å². The van der Waals surface area contributed by atoms with Crippen molar-refractivity contribution in [2.75, 3.05) is 7.05 Å². The monoisotopic (exact) mass is 528 g/mol. The highest BCUT2D eigenvalue weighted by Crippen LogP contribution is 2.26. The van der Waals surface area contributed by atoms with Gasteiger partial charge in [-0.1, -0.05) is 48.5 Å². The summed E-state index contributed by atoms with van der Waals surface area (Å²) in [5.74, 6) is -0.173. The predicted octanol–water partition coefficient (Wildman–Crippen LogP) is 4.28. The lowest BCUT2D eigenvalue weighted by atomic mass is 10.1. The molecule has 5 nitrogen and oxygen atoms in total. The number of nitrogens with one attached hydrogen (secondary N) is 1. The Bertz CT molecular complexity index is 1220. The number of nitrogens with zero attached hydrogens (tertiary/aromatic N) is 1. The van der Waals surface area contributed by atoms with Gasteiger partial charge in [0, 0.05) is 7.05 Å². The number of halogens is 1. The van der Waals surface area contributed by atoms with Gasteiger partial charge in [-0.3, -0.25) is 19.8 Å². The van der Waals surface area contributed by atoms with Crippen LogP contribution in [0.2, 0.25) is 0 Å². The number of carbonyl (C=O) groups excluding carboxylic acids is 2. The average molecular weight is 528 g/mol. The third kappa shape index (κ3) is 4.08. The number of ether oxygens (including phenoxy) is 1. The zero-order valence-corrected chi connectivity index (χ0v) is 19.0. The quantitative estimate of drug-likeness (QED) is 0.238. The first-order valence-electron chi connectivity index (χ1n) is 9.18. The number of rotatable bonds is 4. The van der Waals surface area contributed by atoms with Crippen molar-refractivity contribution in [2.45, 2.75) is 6.61 Å². The molecular formula is C23H17IN2O3S. The molecule has 2 amide bonds. The maximum atomic E-state index is 12.4. The Hall–Kier alpha value is -2.78. The van der Waals surface area contributed by atoms with E-state index in [2.05, 4.69) is 52.2 Å². The summed E-state index contributed by atoms with van der Waals surface area (Å²) in [6, 6.07) is 19.9. The Balaban J connectivity index is 1.54. The maximum Gasteiger partial charge on any atom is 0.265 e. The van der Waals surface area contributed by atoms with Crippen LogP contribution in [-0.4, -0.2) is 28.9 Å². The molecule has 1 aliphatic rings. The number of amides is 2. The van der Waals surface area contributed by atoms with Crippen molar-refractivity contribution in [1.82, 2.24) is 10.2 Å². The summed E-state index contributed by atoms with van der Waals surface area (Å²) in [7, 11) is 1.53. The van der Waals surface area contributed by atoms with E-state index in [4.69, 9.17) is 17.0 Å². The summed E-state index contributed by atoms with van der Waals surface area (Å²) >= 11 is 7.15. The van der Waals surface area contributed by atoms with Crippen molar-refractivity contribution in [1.29, 1.82) is 0 Å². The Morgan fingerprint density at radius 1 is 1.10 bits per heavy atom. The highest BCUT2D eigenvalue weighted by atomic mass is 127. The second kappa shape index (κ2) is 8.53. The smallest absolute Gasteiger partial charge is 0.265 e. The van der Waals surface area contributed by atoms with Gasteiger partial charge in [0.25, 0.3) is 11.8 Å². The van der Waals surface area contributed by atoms with Crippen molar-refractivity contribution in [3.05, 3.63) is 80.9 Å². The number of fused-ring (bicyclic) bond motifs is 1. The standard InChI is InChI=1S/C23H17IN2O3S/c1-26-22(28)18(21(27)25-23(26)30)11-14-9-10-20(19(24)12-14)29-13-16-7-4-6-15-5-2-3-8-17(15)16/h2-12H,13H2,1H3,(H,25,27,30)/b18-11+. The largest absolute Gasteiger partial charge is 0.488 e. The van der Waals surface area contributed by atoms with Crippen molar-refractivity contribution in [2.24, 2.45) is 0 Å². The van der Waals surface area contributed by atoms with E-state index < -0.39 is 11.8 Å². The maximum absolute atomic E-state index is 12.4. The Morgan fingerprint density at radius 2 is 1.87 bits per heavy atom. The fraction of sp³-hybridized carbons (Fsp3) is 0.0870. The summed E-state index contributed by atoms with van der Waals surface area (Å²) in [5, 5.41) is 4.96. The summed E-state index contributed by atoms with van der Waals surface area (Å²) in [4.78, 5) is 25.7. The normalized spacial score (nSPS) is 15.6. The molecule has 3 aromatic carbocycles. The molecule has 0 bridgehead atoms. The van der Waals surface area contributed by atoms with Gasteiger partial charge in [0.15, 0.2) is 5.11 Å². The highest BCUT2D eigenvalue weighted by Gasteiger charge is 2.30. The van der Waals surface area contributed by atoms with E-state index in [0.29, 0.717) is 6.61 Å². The molecule has 1 aliphatic heterocycles. The van der Waals surface area contributed by atoms with Crippen molar-refractivity contribution >= 4 is 68.6 Å². The summed E-state index contributed by atoms with van der Waals surface area (Å²) in [6.07, 6.45) is 1.56. The molecule has 1 heterocycles. The van der Waals surface area contributed by atoms with Crippen LogP contribution in [0.1, 0.15) is 11.1 Å². The first-order valence-corrected chi connectivity index (χ1v) is 10.7. The summed E-state index contributed by atoms with van der Waals surface area (Å²) in [5.41, 5.74) is 1.89. The molecule has 0 saturated carbocycles. The van der Waals surface area contributed by atoms with E-state index in [-0.39, 0.29) is 10.7 Å². The number of hydrogen-bond donors (Lipinski definition) is 1. The van der Waals surface area contributed by atoms with Gasteiger partial charge >= 0.3 is 0 Å². The van der Waals surface area contributed by atoms with Gasteiger partial charge in [-0.05, 0) is 74.9 Å². The lowest BCUT2D eigenvalue weighted by molar-refractivity contribution is -0.128. The lowest BCUT2D eigenvalue weighted by Gasteiger charge is -2.25. The first kappa shape index (κ1) is 20.5. The van der Waals surface area contributed by atoms with Gasteiger partial charge in [0.1, 0.15) is 17.9 Å². The van der Waals surface area contributed by atoms with Crippen LogP contribution >= 0.6 is 34.8 Å². The van der Waals surface area contributed by atoms with Gasteiger partial charge in [-0.15, -0.1) is 0 Å². The SMILES string of the molecule is CN1C(=O)/C(=C/c2ccc(OCc3cccc4ccccc34)c(I)c2)C(=O)NC1=S. The molecule has 3 aromatic rings. The lowest BCUT2D eigenvalue weighted by Crippen LogP contribution is -2.52. The Morgan fingerprint density at radius 3 is 2.67 bits per heavy atom. The van der Waals surface area contributed by atoms with E-state index >= 15 is 0 Å². The van der Waals surface area contributed by atoms with Crippen LogP contribution in [0.5, 0.6) is 5.75 Å². The molecule has 30 heavy (non-hydrogen) atoms. The van der Waals surface area contributed by atoms with Gasteiger partial charge in [-0.25, -0.2) is 0 Å². The molecule has 0 aromatic heterocycles. The number of benzene rings is 3. The average Bonchev–Trinajstić information content (AvgIpc) is 2.74. The molecule has 0 radical (unpaired) electrons. The van der Waals surface area contributed by atoms with Crippen LogP contribution < -0.4 is 10.1 Å². The van der Waals surface area contributed by atoms with Crippen LogP contribution in [0.25, 0.3) is 16.8 Å². The molecule has 0 atom stereocenters. The molecule has 1 saturated heterocycles. The molecule has 1 N–H and O–H groups in total. The minimum atomic E-state index is -0.491. The van der Waals surface area contributed by atoms with Gasteiger partial charge in [0.2, 0.25) is 0 Å². The topological polar surface area (TPSA) is 58.6 Å².